The maximum absolute atomic E-state index is 11.3. The van der Waals surface area contributed by atoms with Crippen molar-refractivity contribution in [2.24, 2.45) is 0 Å². The predicted molar refractivity (Wildman–Crippen MR) is 103 cm³/mol. The normalized spacial score (nSPS) is 12.3. The largest absolute Gasteiger partial charge is 0.476 e. The summed E-state index contributed by atoms with van der Waals surface area (Å²) in [6.45, 7) is 0.204. The molecule has 0 unspecified atom stereocenters. The van der Waals surface area contributed by atoms with Gasteiger partial charge in [-0.25, -0.2) is 9.78 Å². The number of rotatable bonds is 3. The summed E-state index contributed by atoms with van der Waals surface area (Å²) in [5, 5.41) is 9.24. The van der Waals surface area contributed by atoms with Crippen LogP contribution in [-0.2, 0) is 0 Å². The van der Waals surface area contributed by atoms with Gasteiger partial charge in [0, 0.05) is 0 Å². The Morgan fingerprint density at radius 1 is 0.857 bits per heavy atom. The third kappa shape index (κ3) is 2.72. The molecule has 1 aromatic heterocycles. The lowest BCUT2D eigenvalue weighted by Crippen LogP contribution is -2.01. The summed E-state index contributed by atoms with van der Waals surface area (Å²) < 4.78 is 10.9. The molecule has 6 heteroatoms. The van der Waals surface area contributed by atoms with E-state index in [2.05, 4.69) is 9.97 Å². The van der Waals surface area contributed by atoms with Crippen LogP contribution in [0.25, 0.3) is 33.3 Å². The molecule has 28 heavy (non-hydrogen) atoms. The molecule has 1 aliphatic rings. The minimum Gasteiger partial charge on any atom is -0.476 e. The first kappa shape index (κ1) is 16.3. The summed E-state index contributed by atoms with van der Waals surface area (Å²) in [5.74, 6) is 0.284. The lowest BCUT2D eigenvalue weighted by molar-refractivity contribution is 0.0690. The molecule has 6 nitrogen and oxygen atoms in total. The number of hydrogen-bond acceptors (Lipinski definition) is 5. The van der Waals surface area contributed by atoms with Crippen LogP contribution >= 0.6 is 0 Å². The lowest BCUT2D eigenvalue weighted by Gasteiger charge is -2.13. The Balaban J connectivity index is 1.77. The Hall–Kier alpha value is -3.93. The van der Waals surface area contributed by atoms with E-state index in [1.165, 1.54) is 6.20 Å². The van der Waals surface area contributed by atoms with Gasteiger partial charge in [0.15, 0.2) is 17.2 Å². The summed E-state index contributed by atoms with van der Waals surface area (Å²) >= 11 is 0. The molecule has 1 aliphatic heterocycles. The van der Waals surface area contributed by atoms with Crippen LogP contribution in [0.15, 0.2) is 66.9 Å². The fourth-order valence-electron chi connectivity index (χ4n) is 3.32. The third-order valence-corrected chi connectivity index (χ3v) is 4.67. The zero-order chi connectivity index (χ0) is 19.1. The number of aromatic nitrogens is 2. The minimum absolute atomic E-state index is 0.0865. The molecule has 0 radical (unpaired) electrons. The van der Waals surface area contributed by atoms with Crippen LogP contribution in [-0.4, -0.2) is 27.8 Å². The van der Waals surface area contributed by atoms with Gasteiger partial charge in [0.1, 0.15) is 0 Å². The third-order valence-electron chi connectivity index (χ3n) is 4.67. The molecule has 0 saturated carbocycles. The smallest absolute Gasteiger partial charge is 0.356 e. The van der Waals surface area contributed by atoms with Crippen molar-refractivity contribution in [2.75, 3.05) is 6.79 Å². The van der Waals surface area contributed by atoms with E-state index in [0.29, 0.717) is 22.5 Å². The Morgan fingerprint density at radius 3 is 2.43 bits per heavy atom. The van der Waals surface area contributed by atoms with Crippen molar-refractivity contribution >= 4 is 17.0 Å². The predicted octanol–water partition coefficient (Wildman–Crippen LogP) is 4.39. The molecule has 1 N–H and O–H groups in total. The van der Waals surface area contributed by atoms with Gasteiger partial charge in [0.05, 0.1) is 17.2 Å². The monoisotopic (exact) mass is 370 g/mol. The van der Waals surface area contributed by atoms with Crippen LogP contribution in [0.2, 0.25) is 0 Å². The Labute approximate surface area is 160 Å². The summed E-state index contributed by atoms with van der Waals surface area (Å²) in [7, 11) is 0. The Kier molecular flexibility index (Phi) is 3.69. The van der Waals surface area contributed by atoms with E-state index >= 15 is 0 Å². The number of nitrogens with zero attached hydrogens (tertiary/aromatic N) is 2. The van der Waals surface area contributed by atoms with Gasteiger partial charge in [-0.15, -0.1) is 0 Å². The topological polar surface area (TPSA) is 81.5 Å². The van der Waals surface area contributed by atoms with Gasteiger partial charge in [0.2, 0.25) is 6.79 Å². The molecular weight excluding hydrogens is 356 g/mol. The highest BCUT2D eigenvalue weighted by atomic mass is 16.7. The van der Waals surface area contributed by atoms with E-state index < -0.39 is 5.97 Å². The van der Waals surface area contributed by atoms with Gasteiger partial charge >= 0.3 is 5.97 Å². The molecule has 5 rings (SSSR count). The highest BCUT2D eigenvalue weighted by molar-refractivity contribution is 5.95. The van der Waals surface area contributed by atoms with Crippen molar-refractivity contribution in [1.82, 2.24) is 9.97 Å². The van der Waals surface area contributed by atoms with Crippen LogP contribution in [0.4, 0.5) is 0 Å². The first-order valence-electron chi connectivity index (χ1n) is 8.68. The molecule has 0 fully saturated rings. The number of fused-ring (bicyclic) bond motifs is 2. The highest BCUT2D eigenvalue weighted by Crippen LogP contribution is 2.40. The van der Waals surface area contributed by atoms with Crippen molar-refractivity contribution in [3.63, 3.8) is 0 Å². The van der Waals surface area contributed by atoms with Crippen molar-refractivity contribution in [1.29, 1.82) is 0 Å². The average Bonchev–Trinajstić information content (AvgIpc) is 3.21. The molecule has 0 spiro atoms. The molecule has 0 bridgehead atoms. The maximum Gasteiger partial charge on any atom is 0.356 e. The number of hydrogen-bond donors (Lipinski definition) is 1. The lowest BCUT2D eigenvalue weighted by atomic mass is 9.93. The van der Waals surface area contributed by atoms with Crippen LogP contribution in [0.5, 0.6) is 11.5 Å². The zero-order valence-electron chi connectivity index (χ0n) is 14.6. The van der Waals surface area contributed by atoms with E-state index in [1.54, 1.807) is 0 Å². The number of aromatic carboxylic acids is 1. The molecule has 3 aromatic carbocycles. The van der Waals surface area contributed by atoms with Crippen LogP contribution < -0.4 is 9.47 Å². The number of ether oxygens (including phenoxy) is 2. The second-order valence-electron chi connectivity index (χ2n) is 6.38. The molecular formula is C22H14N2O4. The van der Waals surface area contributed by atoms with Gasteiger partial charge in [-0.3, -0.25) is 4.98 Å². The molecule has 0 atom stereocenters. The summed E-state index contributed by atoms with van der Waals surface area (Å²) in [6.07, 6.45) is 1.28. The van der Waals surface area contributed by atoms with Crippen molar-refractivity contribution in [3.8, 4) is 33.8 Å². The van der Waals surface area contributed by atoms with Crippen molar-refractivity contribution in [3.05, 3.63) is 72.6 Å². The van der Waals surface area contributed by atoms with E-state index in [0.717, 1.165) is 22.3 Å². The van der Waals surface area contributed by atoms with Crippen molar-refractivity contribution in [2.45, 2.75) is 0 Å². The van der Waals surface area contributed by atoms with E-state index in [9.17, 15) is 9.90 Å². The fraction of sp³-hybridized carbons (Fsp3) is 0.0455. The Bertz CT molecular complexity index is 1220. The maximum atomic E-state index is 11.3. The number of benzene rings is 3. The van der Waals surface area contributed by atoms with E-state index in [-0.39, 0.29) is 12.5 Å². The van der Waals surface area contributed by atoms with Gasteiger partial charge in [-0.1, -0.05) is 36.4 Å². The van der Waals surface area contributed by atoms with Crippen molar-refractivity contribution < 1.29 is 19.4 Å². The molecule has 2 heterocycles. The molecule has 0 saturated heterocycles. The Morgan fingerprint density at radius 2 is 1.61 bits per heavy atom. The van der Waals surface area contributed by atoms with Gasteiger partial charge < -0.3 is 14.6 Å². The second-order valence-corrected chi connectivity index (χ2v) is 6.38. The quantitative estimate of drug-likeness (QED) is 0.576. The number of carboxylic acid groups (broad SMARTS) is 1. The SMILES string of the molecule is O=C(O)c1cnc2cc(-c3ccccc3)c(-c3ccc4c(c3)OCO4)cc2n1. The summed E-state index contributed by atoms with van der Waals surface area (Å²) in [5.41, 5.74) is 4.91. The molecule has 0 amide bonds. The standard InChI is InChI=1S/C22H14N2O4/c25-22(26)19-11-23-17-9-15(13-4-2-1-3-5-13)16(10-18(17)24-19)14-6-7-20-21(8-14)28-12-27-20/h1-11H,12H2,(H,25,26). The van der Waals surface area contributed by atoms with Gasteiger partial charge in [-0.2, -0.15) is 0 Å². The van der Waals surface area contributed by atoms with E-state index in [4.69, 9.17) is 9.47 Å². The number of carboxylic acids is 1. The highest BCUT2D eigenvalue weighted by Gasteiger charge is 2.17. The number of carbonyl (C=O) groups is 1. The first-order valence-corrected chi connectivity index (χ1v) is 8.68. The van der Waals surface area contributed by atoms with Crippen LogP contribution in [0.3, 0.4) is 0 Å². The average molecular weight is 370 g/mol. The van der Waals surface area contributed by atoms with Crippen LogP contribution in [0, 0.1) is 0 Å². The van der Waals surface area contributed by atoms with Gasteiger partial charge in [0.25, 0.3) is 0 Å². The second kappa shape index (κ2) is 6.35. The molecule has 4 aromatic rings. The van der Waals surface area contributed by atoms with E-state index in [1.807, 2.05) is 60.7 Å². The summed E-state index contributed by atoms with van der Waals surface area (Å²) in [4.78, 5) is 19.8. The van der Waals surface area contributed by atoms with Gasteiger partial charge in [-0.05, 0) is 46.5 Å². The molecule has 0 aliphatic carbocycles. The fourth-order valence-corrected chi connectivity index (χ4v) is 3.32. The first-order chi connectivity index (χ1) is 13.7. The summed E-state index contributed by atoms with van der Waals surface area (Å²) in [6, 6.07) is 19.5. The van der Waals surface area contributed by atoms with Crippen LogP contribution in [0.1, 0.15) is 10.5 Å². The molecule has 136 valence electrons. The minimum atomic E-state index is -1.11. The zero-order valence-corrected chi connectivity index (χ0v) is 14.6.